The summed E-state index contributed by atoms with van der Waals surface area (Å²) in [6.45, 7) is 2.00. The van der Waals surface area contributed by atoms with E-state index in [0.29, 0.717) is 23.5 Å². The molecule has 2 amide bonds. The van der Waals surface area contributed by atoms with Crippen LogP contribution in [0, 0.1) is 0 Å². The molecule has 0 unspecified atom stereocenters. The van der Waals surface area contributed by atoms with Gasteiger partial charge in [-0.25, -0.2) is 4.79 Å². The van der Waals surface area contributed by atoms with Gasteiger partial charge in [0.1, 0.15) is 0 Å². The molecule has 2 aromatic carbocycles. The van der Waals surface area contributed by atoms with Crippen molar-refractivity contribution in [2.45, 2.75) is 39.0 Å². The zero-order valence-electron chi connectivity index (χ0n) is 18.4. The lowest BCUT2D eigenvalue weighted by Crippen LogP contribution is -2.21. The quantitative estimate of drug-likeness (QED) is 0.311. The highest BCUT2D eigenvalue weighted by molar-refractivity contribution is 9.10. The highest BCUT2D eigenvalue weighted by Gasteiger charge is 2.11. The molecule has 33 heavy (non-hydrogen) atoms. The number of ether oxygens (including phenoxy) is 2. The van der Waals surface area contributed by atoms with Crippen molar-refractivity contribution in [2.75, 3.05) is 23.8 Å². The van der Waals surface area contributed by atoms with Crippen LogP contribution in [-0.4, -0.2) is 37.0 Å². The molecule has 0 fully saturated rings. The van der Waals surface area contributed by atoms with Crippen molar-refractivity contribution >= 4 is 51.1 Å². The number of benzene rings is 2. The van der Waals surface area contributed by atoms with Crippen molar-refractivity contribution < 1.29 is 28.7 Å². The van der Waals surface area contributed by atoms with Crippen LogP contribution in [0.3, 0.4) is 0 Å². The Balaban J connectivity index is 1.63. The second kappa shape index (κ2) is 14.1. The number of amides is 2. The first-order chi connectivity index (χ1) is 15.9. The summed E-state index contributed by atoms with van der Waals surface area (Å²) >= 11 is 3.30. The van der Waals surface area contributed by atoms with Gasteiger partial charge in [-0.1, -0.05) is 29.3 Å². The van der Waals surface area contributed by atoms with Gasteiger partial charge in [-0.05, 0) is 61.4 Å². The molecule has 0 aromatic heterocycles. The smallest absolute Gasteiger partial charge is 0.338 e. The Labute approximate surface area is 201 Å². The van der Waals surface area contributed by atoms with Crippen molar-refractivity contribution in [3.8, 4) is 0 Å². The summed E-state index contributed by atoms with van der Waals surface area (Å²) in [5.74, 6) is -1.67. The van der Waals surface area contributed by atoms with E-state index in [1.807, 2.05) is 6.92 Å². The van der Waals surface area contributed by atoms with Crippen molar-refractivity contribution in [1.29, 1.82) is 0 Å². The van der Waals surface area contributed by atoms with Gasteiger partial charge in [0.15, 0.2) is 6.61 Å². The lowest BCUT2D eigenvalue weighted by molar-refractivity contribution is -0.147. The maximum Gasteiger partial charge on any atom is 0.338 e. The molecule has 8 nitrogen and oxygen atoms in total. The minimum atomic E-state index is -0.556. The molecule has 0 atom stereocenters. The molecule has 2 aromatic rings. The zero-order chi connectivity index (χ0) is 24.1. The summed E-state index contributed by atoms with van der Waals surface area (Å²) in [6, 6.07) is 13.4. The molecule has 2 rings (SSSR count). The largest absolute Gasteiger partial charge is 0.462 e. The van der Waals surface area contributed by atoms with E-state index in [2.05, 4.69) is 26.6 Å². The number of anilines is 2. The fourth-order valence-corrected chi connectivity index (χ4v) is 2.91. The third-order valence-corrected chi connectivity index (χ3v) is 4.94. The van der Waals surface area contributed by atoms with Gasteiger partial charge in [-0.2, -0.15) is 0 Å². The summed E-state index contributed by atoms with van der Waals surface area (Å²) in [5.41, 5.74) is 1.55. The maximum absolute atomic E-state index is 12.1. The predicted molar refractivity (Wildman–Crippen MR) is 128 cm³/mol. The Morgan fingerprint density at radius 2 is 1.39 bits per heavy atom. The van der Waals surface area contributed by atoms with E-state index in [9.17, 15) is 19.2 Å². The summed E-state index contributed by atoms with van der Waals surface area (Å²) in [6.07, 6.45) is 2.16. The fourth-order valence-electron chi connectivity index (χ4n) is 2.65. The van der Waals surface area contributed by atoms with E-state index in [4.69, 9.17) is 9.47 Å². The molecule has 0 saturated heterocycles. The number of unbranched alkanes of at least 4 members (excludes halogenated alkanes) is 1. The van der Waals surface area contributed by atoms with Gasteiger partial charge in [0.2, 0.25) is 5.91 Å². The second-order valence-corrected chi connectivity index (χ2v) is 8.10. The van der Waals surface area contributed by atoms with Gasteiger partial charge in [0.25, 0.3) is 5.91 Å². The minimum absolute atomic E-state index is 0.0154. The molecule has 0 aliphatic carbocycles. The Morgan fingerprint density at radius 3 is 2.03 bits per heavy atom. The van der Waals surface area contributed by atoms with Crippen LogP contribution in [0.4, 0.5) is 11.4 Å². The van der Waals surface area contributed by atoms with E-state index in [-0.39, 0.29) is 25.2 Å². The molecule has 2 N–H and O–H groups in total. The topological polar surface area (TPSA) is 111 Å². The molecule has 0 saturated carbocycles. The highest BCUT2D eigenvalue weighted by Crippen LogP contribution is 2.14. The Hall–Kier alpha value is -3.20. The van der Waals surface area contributed by atoms with E-state index in [1.54, 1.807) is 48.5 Å². The molecule has 0 radical (unpaired) electrons. The lowest BCUT2D eigenvalue weighted by Gasteiger charge is -2.08. The van der Waals surface area contributed by atoms with Gasteiger partial charge >= 0.3 is 11.9 Å². The van der Waals surface area contributed by atoms with Gasteiger partial charge in [0.05, 0.1) is 12.2 Å². The number of carbonyl (C=O) groups excluding carboxylic acids is 4. The first-order valence-electron chi connectivity index (χ1n) is 10.7. The van der Waals surface area contributed by atoms with Crippen molar-refractivity contribution in [3.05, 3.63) is 58.6 Å². The summed E-state index contributed by atoms with van der Waals surface area (Å²) in [5, 5.41) is 5.32. The van der Waals surface area contributed by atoms with Crippen LogP contribution in [0.25, 0.3) is 0 Å². The monoisotopic (exact) mass is 518 g/mol. The van der Waals surface area contributed by atoms with Crippen molar-refractivity contribution in [3.63, 3.8) is 0 Å². The average Bonchev–Trinajstić information content (AvgIpc) is 2.80. The van der Waals surface area contributed by atoms with Gasteiger partial charge in [0, 0.05) is 28.7 Å². The Bertz CT molecular complexity index is 944. The maximum atomic E-state index is 12.1. The van der Waals surface area contributed by atoms with Gasteiger partial charge < -0.3 is 20.1 Å². The number of esters is 2. The highest BCUT2D eigenvalue weighted by atomic mass is 79.9. The third-order valence-electron chi connectivity index (χ3n) is 4.41. The molecule has 0 heterocycles. The lowest BCUT2D eigenvalue weighted by atomic mass is 10.2. The molecule has 9 heteroatoms. The van der Waals surface area contributed by atoms with Crippen LogP contribution in [-0.2, 0) is 23.9 Å². The summed E-state index contributed by atoms with van der Waals surface area (Å²) < 4.78 is 11.0. The van der Waals surface area contributed by atoms with Crippen molar-refractivity contribution in [2.24, 2.45) is 0 Å². The summed E-state index contributed by atoms with van der Waals surface area (Å²) in [4.78, 5) is 47.6. The summed E-state index contributed by atoms with van der Waals surface area (Å²) in [7, 11) is 0. The van der Waals surface area contributed by atoms with Crippen LogP contribution >= 0.6 is 15.9 Å². The molecular formula is C24H27BrN2O6. The van der Waals surface area contributed by atoms with Crippen molar-refractivity contribution in [1.82, 2.24) is 0 Å². The zero-order valence-corrected chi connectivity index (χ0v) is 20.0. The van der Waals surface area contributed by atoms with E-state index >= 15 is 0 Å². The fraction of sp³-hybridized carbons (Fsp3) is 0.333. The Kier molecular flexibility index (Phi) is 11.1. The first-order valence-corrected chi connectivity index (χ1v) is 11.4. The SMILES string of the molecule is CCCCOC(=O)c1ccc(NC(=O)CCCC(=O)OCC(=O)Nc2ccc(Br)cc2)cc1. The van der Waals surface area contributed by atoms with E-state index in [1.165, 1.54) is 0 Å². The van der Waals surface area contributed by atoms with Gasteiger partial charge in [-0.15, -0.1) is 0 Å². The average molecular weight is 519 g/mol. The van der Waals surface area contributed by atoms with Crippen LogP contribution in [0.2, 0.25) is 0 Å². The first kappa shape index (κ1) is 26.1. The molecule has 0 spiro atoms. The number of hydrogen-bond donors (Lipinski definition) is 2. The molecular weight excluding hydrogens is 492 g/mol. The predicted octanol–water partition coefficient (Wildman–Crippen LogP) is 4.70. The van der Waals surface area contributed by atoms with Crippen LogP contribution in [0.15, 0.2) is 53.0 Å². The van der Waals surface area contributed by atoms with Crippen LogP contribution < -0.4 is 10.6 Å². The number of hydrogen-bond acceptors (Lipinski definition) is 6. The number of nitrogens with one attached hydrogen (secondary N) is 2. The van der Waals surface area contributed by atoms with Crippen LogP contribution in [0.1, 0.15) is 49.4 Å². The number of carbonyl (C=O) groups is 4. The van der Waals surface area contributed by atoms with E-state index < -0.39 is 24.5 Å². The number of rotatable bonds is 12. The molecule has 0 aliphatic rings. The second-order valence-electron chi connectivity index (χ2n) is 7.18. The molecule has 0 aliphatic heterocycles. The van der Waals surface area contributed by atoms with Gasteiger partial charge in [-0.3, -0.25) is 14.4 Å². The standard InChI is InChI=1S/C24H27BrN2O6/c1-2-3-15-32-24(31)17-7-11-19(12-8-17)26-21(28)5-4-6-23(30)33-16-22(29)27-20-13-9-18(25)10-14-20/h7-14H,2-6,15-16H2,1H3,(H,26,28)(H,27,29). The Morgan fingerprint density at radius 1 is 0.788 bits per heavy atom. The molecule has 0 bridgehead atoms. The van der Waals surface area contributed by atoms with E-state index in [0.717, 1.165) is 17.3 Å². The van der Waals surface area contributed by atoms with Crippen LogP contribution in [0.5, 0.6) is 0 Å². The normalized spacial score (nSPS) is 10.2. The molecule has 176 valence electrons. The number of halogens is 1. The third kappa shape index (κ3) is 10.3. The minimum Gasteiger partial charge on any atom is -0.462 e.